The second-order valence-corrected chi connectivity index (χ2v) is 12.4. The van der Waals surface area contributed by atoms with Gasteiger partial charge >= 0.3 is 12.2 Å². The third kappa shape index (κ3) is 10.2. The minimum atomic E-state index is -0.998. The number of hydrogen-bond donors (Lipinski definition) is 2. The van der Waals surface area contributed by atoms with Gasteiger partial charge in [-0.1, -0.05) is 18.2 Å². The molecule has 2 saturated heterocycles. The number of rotatable bonds is 11. The first-order valence-corrected chi connectivity index (χ1v) is 15.4. The van der Waals surface area contributed by atoms with Crippen molar-refractivity contribution in [3.63, 3.8) is 0 Å². The normalized spacial score (nSPS) is 20.1. The third-order valence-electron chi connectivity index (χ3n) is 7.71. The average Bonchev–Trinajstić information content (AvgIpc) is 3.44. The fourth-order valence-electron chi connectivity index (χ4n) is 5.54. The van der Waals surface area contributed by atoms with Crippen molar-refractivity contribution in [2.24, 2.45) is 0 Å². The summed E-state index contributed by atoms with van der Waals surface area (Å²) in [6.07, 6.45) is -0.108. The number of hydrogen-bond acceptors (Lipinski definition) is 7. The molecule has 3 atom stereocenters. The number of carboxylic acid groups (broad SMARTS) is 1. The van der Waals surface area contributed by atoms with Crippen LogP contribution >= 0.6 is 0 Å². The standard InChI is InChI=1S/C33H44FN3O8/c1-22(38)35-14-11-24-5-8-25(34)19-29(24)42-17-18-43-30-21-36(31(39)40)16-13-28(30)23-6-9-26(10-7-23)44-27-12-15-37(20-27)32(41)45-33(2,3)4/h5-10,19,27-28,30H,11-18,20-21H2,1-4H3,(H,35,38)(H,39,40)/t27-,28?,30?/m0/s1. The Bertz CT molecular complexity index is 1320. The van der Waals surface area contributed by atoms with Crippen molar-refractivity contribution in [1.29, 1.82) is 0 Å². The molecule has 12 heteroatoms. The maximum Gasteiger partial charge on any atom is 0.410 e. The second kappa shape index (κ2) is 15.3. The molecule has 2 aliphatic heterocycles. The van der Waals surface area contributed by atoms with Crippen LogP contribution in [-0.4, -0.2) is 96.7 Å². The summed E-state index contributed by atoms with van der Waals surface area (Å²) in [7, 11) is 0. The average molecular weight is 630 g/mol. The van der Waals surface area contributed by atoms with E-state index in [9.17, 15) is 23.9 Å². The highest BCUT2D eigenvalue weighted by atomic mass is 19.1. The predicted molar refractivity (Wildman–Crippen MR) is 164 cm³/mol. The number of benzene rings is 2. The Morgan fingerprint density at radius 3 is 2.42 bits per heavy atom. The van der Waals surface area contributed by atoms with Crippen LogP contribution in [0.15, 0.2) is 42.5 Å². The first-order chi connectivity index (χ1) is 21.4. The van der Waals surface area contributed by atoms with Gasteiger partial charge in [-0.15, -0.1) is 0 Å². The van der Waals surface area contributed by atoms with E-state index in [4.69, 9.17) is 18.9 Å². The number of nitrogens with one attached hydrogen (secondary N) is 1. The lowest BCUT2D eigenvalue weighted by Gasteiger charge is -2.37. The Labute approximate surface area is 263 Å². The van der Waals surface area contributed by atoms with Crippen LogP contribution in [0, 0.1) is 5.82 Å². The van der Waals surface area contributed by atoms with E-state index in [2.05, 4.69) is 5.32 Å². The molecule has 0 aromatic heterocycles. The summed E-state index contributed by atoms with van der Waals surface area (Å²) in [5.41, 5.74) is 1.21. The lowest BCUT2D eigenvalue weighted by atomic mass is 9.87. The fourth-order valence-corrected chi connectivity index (χ4v) is 5.54. The molecule has 4 rings (SSSR count). The number of likely N-dealkylation sites (tertiary alicyclic amines) is 2. The SMILES string of the molecule is CC(=O)NCCc1ccc(F)cc1OCCOC1CN(C(=O)O)CCC1c1ccc(O[C@H]2CCN(C(=O)OC(C)(C)C)C2)cc1. The van der Waals surface area contributed by atoms with E-state index >= 15 is 0 Å². The lowest BCUT2D eigenvalue weighted by molar-refractivity contribution is -0.118. The van der Waals surface area contributed by atoms with Gasteiger partial charge in [0.05, 0.1) is 25.8 Å². The number of amides is 3. The van der Waals surface area contributed by atoms with E-state index in [-0.39, 0.29) is 43.8 Å². The van der Waals surface area contributed by atoms with Gasteiger partial charge in [0.1, 0.15) is 35.6 Å². The molecule has 2 unspecified atom stereocenters. The zero-order valence-electron chi connectivity index (χ0n) is 26.4. The van der Waals surface area contributed by atoms with Gasteiger partial charge in [-0.2, -0.15) is 0 Å². The van der Waals surface area contributed by atoms with Gasteiger partial charge in [-0.05, 0) is 62.9 Å². The molecular weight excluding hydrogens is 585 g/mol. The van der Waals surface area contributed by atoms with E-state index in [1.807, 2.05) is 45.0 Å². The summed E-state index contributed by atoms with van der Waals surface area (Å²) >= 11 is 0. The van der Waals surface area contributed by atoms with Gasteiger partial charge in [0.2, 0.25) is 5.91 Å². The number of carbonyl (C=O) groups is 3. The van der Waals surface area contributed by atoms with E-state index in [1.165, 1.54) is 24.0 Å². The molecule has 45 heavy (non-hydrogen) atoms. The topological polar surface area (TPSA) is 127 Å². The zero-order chi connectivity index (χ0) is 32.6. The molecule has 2 aromatic rings. The Morgan fingerprint density at radius 2 is 1.73 bits per heavy atom. The molecule has 0 saturated carbocycles. The molecule has 3 amide bonds. The van der Waals surface area contributed by atoms with Gasteiger partial charge in [0.15, 0.2) is 0 Å². The maximum atomic E-state index is 13.9. The fraction of sp³-hybridized carbons (Fsp3) is 0.545. The van der Waals surface area contributed by atoms with E-state index in [0.717, 1.165) is 11.1 Å². The first kappa shape index (κ1) is 33.8. The van der Waals surface area contributed by atoms with Crippen LogP contribution in [0.4, 0.5) is 14.0 Å². The number of nitrogens with zero attached hydrogens (tertiary/aromatic N) is 2. The van der Waals surface area contributed by atoms with Gasteiger partial charge in [0.25, 0.3) is 0 Å². The van der Waals surface area contributed by atoms with Gasteiger partial charge in [-0.3, -0.25) is 4.79 Å². The van der Waals surface area contributed by atoms with Crippen molar-refractivity contribution >= 4 is 18.1 Å². The minimum Gasteiger partial charge on any atom is -0.491 e. The summed E-state index contributed by atoms with van der Waals surface area (Å²) in [5, 5.41) is 12.3. The van der Waals surface area contributed by atoms with Gasteiger partial charge in [0, 0.05) is 45.0 Å². The number of piperidine rings is 1. The molecule has 2 aromatic carbocycles. The summed E-state index contributed by atoms with van der Waals surface area (Å²) in [6, 6.07) is 12.0. The predicted octanol–water partition coefficient (Wildman–Crippen LogP) is 4.82. The van der Waals surface area contributed by atoms with Crippen LogP contribution < -0.4 is 14.8 Å². The molecule has 0 spiro atoms. The van der Waals surface area contributed by atoms with Crippen LogP contribution in [0.2, 0.25) is 0 Å². The van der Waals surface area contributed by atoms with Crippen molar-refractivity contribution in [2.45, 2.75) is 70.7 Å². The highest BCUT2D eigenvalue weighted by Crippen LogP contribution is 2.32. The Morgan fingerprint density at radius 1 is 1.00 bits per heavy atom. The summed E-state index contributed by atoms with van der Waals surface area (Å²) in [6.45, 7) is 9.29. The lowest BCUT2D eigenvalue weighted by Crippen LogP contribution is -2.46. The molecule has 2 N–H and O–H groups in total. The smallest absolute Gasteiger partial charge is 0.410 e. The number of carbonyl (C=O) groups excluding carboxylic acids is 2. The van der Waals surface area contributed by atoms with Crippen molar-refractivity contribution < 1.29 is 42.8 Å². The van der Waals surface area contributed by atoms with Crippen LogP contribution in [-0.2, 0) is 20.7 Å². The van der Waals surface area contributed by atoms with Crippen LogP contribution in [0.5, 0.6) is 11.5 Å². The monoisotopic (exact) mass is 629 g/mol. The van der Waals surface area contributed by atoms with Crippen molar-refractivity contribution in [2.75, 3.05) is 45.9 Å². The van der Waals surface area contributed by atoms with Crippen LogP contribution in [0.3, 0.4) is 0 Å². The molecule has 246 valence electrons. The van der Waals surface area contributed by atoms with Crippen molar-refractivity contribution in [3.05, 3.63) is 59.4 Å². The first-order valence-electron chi connectivity index (χ1n) is 15.4. The van der Waals surface area contributed by atoms with Crippen molar-refractivity contribution in [1.82, 2.24) is 15.1 Å². The third-order valence-corrected chi connectivity index (χ3v) is 7.71. The minimum absolute atomic E-state index is 0.0498. The Hall–Kier alpha value is -4.06. The molecule has 2 aliphatic rings. The Kier molecular flexibility index (Phi) is 11.5. The zero-order valence-corrected chi connectivity index (χ0v) is 26.4. The Balaban J connectivity index is 1.33. The summed E-state index contributed by atoms with van der Waals surface area (Å²) in [5.74, 6) is 0.440. The largest absolute Gasteiger partial charge is 0.491 e. The van der Waals surface area contributed by atoms with Crippen molar-refractivity contribution in [3.8, 4) is 11.5 Å². The molecule has 2 heterocycles. The molecule has 0 aliphatic carbocycles. The summed E-state index contributed by atoms with van der Waals surface area (Å²) < 4.78 is 37.6. The molecule has 11 nitrogen and oxygen atoms in total. The highest BCUT2D eigenvalue weighted by molar-refractivity contribution is 5.72. The second-order valence-electron chi connectivity index (χ2n) is 12.4. The van der Waals surface area contributed by atoms with Crippen LogP contribution in [0.1, 0.15) is 57.6 Å². The number of halogens is 1. The molecule has 2 fully saturated rings. The van der Waals surface area contributed by atoms with E-state index < -0.39 is 23.6 Å². The van der Waals surface area contributed by atoms with Crippen LogP contribution in [0.25, 0.3) is 0 Å². The number of ether oxygens (including phenoxy) is 4. The van der Waals surface area contributed by atoms with Gasteiger partial charge < -0.3 is 39.2 Å². The molecular formula is C33H44FN3O8. The summed E-state index contributed by atoms with van der Waals surface area (Å²) in [4.78, 5) is 38.3. The quantitative estimate of drug-likeness (QED) is 0.339. The van der Waals surface area contributed by atoms with E-state index in [0.29, 0.717) is 56.9 Å². The molecule has 0 bridgehead atoms. The molecule has 0 radical (unpaired) electrons. The van der Waals surface area contributed by atoms with E-state index in [1.54, 1.807) is 11.0 Å². The maximum absolute atomic E-state index is 13.9. The van der Waals surface area contributed by atoms with Gasteiger partial charge in [-0.25, -0.2) is 14.0 Å². The highest BCUT2D eigenvalue weighted by Gasteiger charge is 2.34.